The van der Waals surface area contributed by atoms with Crippen LogP contribution in [0.4, 0.5) is 0 Å². The van der Waals surface area contributed by atoms with Gasteiger partial charge in [-0.1, -0.05) is 18.2 Å². The number of fused-ring (bicyclic) bond motifs is 4. The molecule has 0 aliphatic carbocycles. The third-order valence-electron chi connectivity index (χ3n) is 6.68. The van der Waals surface area contributed by atoms with Crippen molar-refractivity contribution in [3.05, 3.63) is 52.6 Å². The van der Waals surface area contributed by atoms with Gasteiger partial charge in [-0.25, -0.2) is 4.79 Å². The van der Waals surface area contributed by atoms with Gasteiger partial charge in [0.05, 0.1) is 11.6 Å². The molecule has 192 valence electrons. The first kappa shape index (κ1) is 24.3. The number of benzene rings is 2. The van der Waals surface area contributed by atoms with Gasteiger partial charge in [0.1, 0.15) is 24.9 Å². The van der Waals surface area contributed by atoms with Crippen molar-refractivity contribution in [1.29, 1.82) is 0 Å². The summed E-state index contributed by atoms with van der Waals surface area (Å²) in [5.74, 6) is -1.96. The van der Waals surface area contributed by atoms with Crippen LogP contribution in [0.25, 0.3) is 0 Å². The molecule has 2 aromatic rings. The Morgan fingerprint density at radius 1 is 1.05 bits per heavy atom. The van der Waals surface area contributed by atoms with Gasteiger partial charge >= 0.3 is 11.9 Å². The maximum absolute atomic E-state index is 13.4. The summed E-state index contributed by atoms with van der Waals surface area (Å²) >= 11 is 0. The lowest BCUT2D eigenvalue weighted by Gasteiger charge is -2.47. The lowest BCUT2D eigenvalue weighted by atomic mass is 9.83. The number of esters is 2. The molecule has 3 aliphatic heterocycles. The number of imide groups is 1. The van der Waals surface area contributed by atoms with Gasteiger partial charge in [-0.05, 0) is 19.1 Å². The van der Waals surface area contributed by atoms with Crippen molar-refractivity contribution in [2.24, 2.45) is 0 Å². The zero-order valence-corrected chi connectivity index (χ0v) is 20.4. The maximum atomic E-state index is 13.4. The second kappa shape index (κ2) is 9.23. The predicted octanol–water partition coefficient (Wildman–Crippen LogP) is 1.69. The van der Waals surface area contributed by atoms with Crippen LogP contribution in [0.2, 0.25) is 0 Å². The van der Waals surface area contributed by atoms with Crippen molar-refractivity contribution < 1.29 is 42.9 Å². The molecule has 5 rings (SSSR count). The van der Waals surface area contributed by atoms with E-state index in [0.717, 1.165) is 4.90 Å². The summed E-state index contributed by atoms with van der Waals surface area (Å²) in [5.41, 5.74) is 1.66. The Morgan fingerprint density at radius 2 is 1.76 bits per heavy atom. The Labute approximate surface area is 211 Å². The van der Waals surface area contributed by atoms with Crippen LogP contribution in [-0.4, -0.2) is 65.4 Å². The summed E-state index contributed by atoms with van der Waals surface area (Å²) in [7, 11) is 0. The number of hydrogen-bond acceptors (Lipinski definition) is 9. The van der Waals surface area contributed by atoms with Crippen LogP contribution in [0.5, 0.6) is 17.2 Å². The topological polar surface area (TPSA) is 129 Å². The quantitative estimate of drug-likeness (QED) is 0.448. The Hall–Kier alpha value is -4.41. The van der Waals surface area contributed by atoms with Crippen molar-refractivity contribution >= 4 is 29.7 Å². The highest BCUT2D eigenvalue weighted by Gasteiger charge is 2.51. The van der Waals surface area contributed by atoms with E-state index in [0.29, 0.717) is 33.8 Å². The van der Waals surface area contributed by atoms with Gasteiger partial charge in [0.2, 0.25) is 18.6 Å². The minimum Gasteiger partial charge on any atom is -0.460 e. The molecule has 2 atom stereocenters. The van der Waals surface area contributed by atoms with E-state index in [1.807, 2.05) is 0 Å². The summed E-state index contributed by atoms with van der Waals surface area (Å²) in [6.07, 6.45) is -0.00689. The fraction of sp³-hybridized carbons (Fsp3) is 0.346. The largest absolute Gasteiger partial charge is 0.460 e. The van der Waals surface area contributed by atoms with Crippen LogP contribution in [0.15, 0.2) is 30.3 Å². The van der Waals surface area contributed by atoms with Gasteiger partial charge in [-0.2, -0.15) is 0 Å². The molecule has 3 amide bonds. The predicted molar refractivity (Wildman–Crippen MR) is 125 cm³/mol. The summed E-state index contributed by atoms with van der Waals surface area (Å²) < 4.78 is 22.6. The Morgan fingerprint density at radius 3 is 2.43 bits per heavy atom. The summed E-state index contributed by atoms with van der Waals surface area (Å²) in [6, 6.07) is 6.27. The summed E-state index contributed by atoms with van der Waals surface area (Å²) in [5, 5.41) is 0. The average molecular weight is 508 g/mol. The van der Waals surface area contributed by atoms with Gasteiger partial charge < -0.3 is 23.8 Å². The van der Waals surface area contributed by atoms with E-state index >= 15 is 0 Å². The number of piperazine rings is 1. The third-order valence-corrected chi connectivity index (χ3v) is 6.68. The Kier molecular flexibility index (Phi) is 6.06. The average Bonchev–Trinajstić information content (AvgIpc) is 3.37. The number of amides is 3. The summed E-state index contributed by atoms with van der Waals surface area (Å²) in [6.45, 7) is 3.28. The van der Waals surface area contributed by atoms with Gasteiger partial charge in [0.25, 0.3) is 5.91 Å². The monoisotopic (exact) mass is 508 g/mol. The standard InChI is InChI=1S/C26H24N2O9/c1-13-22(37-15(3)30)21-17(24-23(13)35-12-36-24)9-18-25(32)27(14(2)29)10-20(31)28(18)19(21)11-34-26(33)16-7-5-4-6-8-16/h4-8,18-19H,9-12H2,1-3H3/t18-,19-/m1/s1. The molecule has 11 heteroatoms. The molecule has 3 aliphatic rings. The number of nitrogens with zero attached hydrogens (tertiary/aromatic N) is 2. The van der Waals surface area contributed by atoms with Crippen LogP contribution >= 0.6 is 0 Å². The lowest BCUT2D eigenvalue weighted by molar-refractivity contribution is -0.165. The highest BCUT2D eigenvalue weighted by Crippen LogP contribution is 2.52. The molecular weight excluding hydrogens is 484 g/mol. The van der Waals surface area contributed by atoms with E-state index in [9.17, 15) is 24.0 Å². The second-order valence-corrected chi connectivity index (χ2v) is 8.95. The first-order chi connectivity index (χ1) is 17.7. The van der Waals surface area contributed by atoms with E-state index in [4.69, 9.17) is 18.9 Å². The van der Waals surface area contributed by atoms with Crippen molar-refractivity contribution in [2.75, 3.05) is 19.9 Å². The Balaban J connectivity index is 1.65. The fourth-order valence-electron chi connectivity index (χ4n) is 5.09. The first-order valence-corrected chi connectivity index (χ1v) is 11.7. The molecule has 37 heavy (non-hydrogen) atoms. The molecule has 0 radical (unpaired) electrons. The molecular formula is C26H24N2O9. The van der Waals surface area contributed by atoms with Crippen molar-refractivity contribution in [1.82, 2.24) is 9.80 Å². The normalized spacial score (nSPS) is 19.8. The fourth-order valence-corrected chi connectivity index (χ4v) is 5.09. The molecule has 0 bridgehead atoms. The molecule has 0 spiro atoms. The third kappa shape index (κ3) is 4.05. The van der Waals surface area contributed by atoms with Gasteiger partial charge in [-0.15, -0.1) is 0 Å². The zero-order valence-electron chi connectivity index (χ0n) is 20.4. The molecule has 0 unspecified atom stereocenters. The highest BCUT2D eigenvalue weighted by molar-refractivity contribution is 6.05. The molecule has 2 aromatic carbocycles. The molecule has 3 heterocycles. The maximum Gasteiger partial charge on any atom is 0.338 e. The van der Waals surface area contributed by atoms with Gasteiger partial charge in [0, 0.05) is 37.0 Å². The number of carbonyl (C=O) groups is 5. The van der Waals surface area contributed by atoms with Crippen LogP contribution in [0.3, 0.4) is 0 Å². The van der Waals surface area contributed by atoms with Crippen LogP contribution < -0.4 is 14.2 Å². The molecule has 0 saturated carbocycles. The van der Waals surface area contributed by atoms with Crippen molar-refractivity contribution in [3.63, 3.8) is 0 Å². The summed E-state index contributed by atoms with van der Waals surface area (Å²) in [4.78, 5) is 65.9. The minimum absolute atomic E-state index is 0.00689. The van der Waals surface area contributed by atoms with E-state index in [1.54, 1.807) is 37.3 Å². The van der Waals surface area contributed by atoms with Crippen LogP contribution in [0, 0.1) is 6.92 Å². The Bertz CT molecular complexity index is 1340. The lowest BCUT2D eigenvalue weighted by Crippen LogP contribution is -2.64. The van der Waals surface area contributed by atoms with E-state index in [1.165, 1.54) is 18.7 Å². The van der Waals surface area contributed by atoms with E-state index in [2.05, 4.69) is 0 Å². The molecule has 0 N–H and O–H groups in total. The van der Waals surface area contributed by atoms with E-state index < -0.39 is 48.3 Å². The smallest absolute Gasteiger partial charge is 0.338 e. The number of hydrogen-bond donors (Lipinski definition) is 0. The van der Waals surface area contributed by atoms with Crippen LogP contribution in [0.1, 0.15) is 46.9 Å². The SMILES string of the molecule is CC(=O)Oc1c(C)c2c(c3c1[C@@H](COC(=O)c1ccccc1)N1C(=O)CN(C(C)=O)C(=O)[C@H]1C3)OCO2. The van der Waals surface area contributed by atoms with E-state index in [-0.39, 0.29) is 25.6 Å². The highest BCUT2D eigenvalue weighted by atomic mass is 16.7. The van der Waals surface area contributed by atoms with Crippen molar-refractivity contribution in [3.8, 4) is 17.2 Å². The van der Waals surface area contributed by atoms with Gasteiger partial charge in [0.15, 0.2) is 11.5 Å². The zero-order chi connectivity index (χ0) is 26.4. The minimum atomic E-state index is -1.06. The second-order valence-electron chi connectivity index (χ2n) is 8.95. The first-order valence-electron chi connectivity index (χ1n) is 11.7. The van der Waals surface area contributed by atoms with Crippen LogP contribution in [-0.2, 0) is 30.3 Å². The molecule has 11 nitrogen and oxygen atoms in total. The number of rotatable bonds is 4. The number of ether oxygens (including phenoxy) is 4. The number of carbonyl (C=O) groups excluding carboxylic acids is 5. The molecule has 0 aromatic heterocycles. The molecule has 1 saturated heterocycles. The van der Waals surface area contributed by atoms with Crippen molar-refractivity contribution in [2.45, 2.75) is 39.3 Å². The van der Waals surface area contributed by atoms with Gasteiger partial charge in [-0.3, -0.25) is 24.1 Å². The molecule has 1 fully saturated rings.